The number of quaternary nitrogens is 1. The summed E-state index contributed by atoms with van der Waals surface area (Å²) < 4.78 is 0. The molecule has 9 unspecified atom stereocenters. The molecule has 4 rings (SSSR count). The van der Waals surface area contributed by atoms with Gasteiger partial charge in [0.05, 0.1) is 24.9 Å². The zero-order valence-electron chi connectivity index (χ0n) is 29.3. The smallest absolute Gasteiger partial charge is 0.111 e. The van der Waals surface area contributed by atoms with Crippen LogP contribution in [-0.4, -0.2) is 70.4 Å². The number of aliphatic hydroxyl groups excluding tert-OH is 3. The Morgan fingerprint density at radius 1 is 0.644 bits per heavy atom. The second kappa shape index (κ2) is 20.6. The predicted molar refractivity (Wildman–Crippen MR) is 187 cm³/mol. The standard InChI is InChI=1S/C39H71N3O3/c1-30-37(43)25-24-33(40-30)20-15-11-7-4-3-6-10-14-19-32-27-35(42-26-18-23-36(42)28-32)22-17-13-9-5-8-12-16-21-34-29-38(44)39(45)31(2)41-34/h27-28,30-31,33-34,36-41,43-45H,3-26,29H2,1-2H3/p+1. The highest BCUT2D eigenvalue weighted by Crippen LogP contribution is 2.23. The van der Waals surface area contributed by atoms with Crippen molar-refractivity contribution in [2.45, 2.75) is 216 Å². The largest absolute Gasteiger partial charge is 0.392 e. The van der Waals surface area contributed by atoms with Gasteiger partial charge in [0.2, 0.25) is 0 Å². The van der Waals surface area contributed by atoms with Crippen LogP contribution in [0.15, 0.2) is 23.4 Å². The Kier molecular flexibility index (Phi) is 16.9. The van der Waals surface area contributed by atoms with Gasteiger partial charge in [-0.25, -0.2) is 0 Å². The minimum absolute atomic E-state index is 0.00502. The second-order valence-corrected chi connectivity index (χ2v) is 15.6. The first-order valence-electron chi connectivity index (χ1n) is 19.7. The highest BCUT2D eigenvalue weighted by atomic mass is 16.3. The summed E-state index contributed by atoms with van der Waals surface area (Å²) in [7, 11) is 0. The van der Waals surface area contributed by atoms with Gasteiger partial charge in [-0.1, -0.05) is 83.5 Å². The van der Waals surface area contributed by atoms with E-state index in [1.807, 2.05) is 6.92 Å². The number of allylic oxidation sites excluding steroid dienone is 3. The summed E-state index contributed by atoms with van der Waals surface area (Å²) in [5.74, 6) is 0. The first-order valence-corrected chi connectivity index (χ1v) is 19.7. The molecule has 0 saturated carbocycles. The average molecular weight is 631 g/mol. The molecule has 3 fully saturated rings. The van der Waals surface area contributed by atoms with Gasteiger partial charge in [0.25, 0.3) is 0 Å². The third-order valence-electron chi connectivity index (χ3n) is 11.7. The van der Waals surface area contributed by atoms with Crippen molar-refractivity contribution in [2.24, 2.45) is 0 Å². The van der Waals surface area contributed by atoms with Gasteiger partial charge in [-0.05, 0) is 82.9 Å². The van der Waals surface area contributed by atoms with E-state index in [1.54, 1.807) is 16.2 Å². The summed E-state index contributed by atoms with van der Waals surface area (Å²) in [5, 5.41) is 36.9. The molecule has 45 heavy (non-hydrogen) atoms. The SMILES string of the molecule is CC1NC(CCCCCCCCCCC2=CC3CCC[NH+]3C(CCCCCCCCCC3CC(O)C(O)C(C)N3)=C2)CCC1O. The molecule has 0 radical (unpaired) electrons. The van der Waals surface area contributed by atoms with Crippen LogP contribution in [0.4, 0.5) is 0 Å². The lowest BCUT2D eigenvalue weighted by Gasteiger charge is -2.36. The lowest BCUT2D eigenvalue weighted by Crippen LogP contribution is -3.12. The zero-order valence-corrected chi connectivity index (χ0v) is 29.3. The van der Waals surface area contributed by atoms with Gasteiger partial charge < -0.3 is 30.9 Å². The summed E-state index contributed by atoms with van der Waals surface area (Å²) in [5.41, 5.74) is 3.35. The van der Waals surface area contributed by atoms with Crippen molar-refractivity contribution >= 4 is 0 Å². The van der Waals surface area contributed by atoms with Crippen LogP contribution in [0.2, 0.25) is 0 Å². The Balaban J connectivity index is 0.984. The Hall–Kier alpha value is -0.760. The molecule has 9 atom stereocenters. The summed E-state index contributed by atoms with van der Waals surface area (Å²) in [6.07, 6.45) is 34.7. The monoisotopic (exact) mass is 631 g/mol. The van der Waals surface area contributed by atoms with Gasteiger partial charge in [-0.15, -0.1) is 0 Å². The van der Waals surface area contributed by atoms with Crippen LogP contribution in [0.1, 0.15) is 168 Å². The van der Waals surface area contributed by atoms with Crippen molar-refractivity contribution < 1.29 is 20.2 Å². The molecule has 0 aromatic rings. The molecule has 0 aromatic carbocycles. The van der Waals surface area contributed by atoms with E-state index in [-0.39, 0.29) is 18.2 Å². The van der Waals surface area contributed by atoms with Gasteiger partial charge >= 0.3 is 0 Å². The topological polar surface area (TPSA) is 89.2 Å². The summed E-state index contributed by atoms with van der Waals surface area (Å²) in [4.78, 5) is 1.79. The molecule has 4 heterocycles. The Morgan fingerprint density at radius 3 is 1.87 bits per heavy atom. The fourth-order valence-corrected chi connectivity index (χ4v) is 8.76. The lowest BCUT2D eigenvalue weighted by atomic mass is 9.91. The van der Waals surface area contributed by atoms with Gasteiger partial charge in [0.1, 0.15) is 11.7 Å². The first kappa shape index (κ1) is 37.1. The minimum Gasteiger partial charge on any atom is -0.392 e. The lowest BCUT2D eigenvalue weighted by molar-refractivity contribution is -0.868. The molecule has 0 bridgehead atoms. The van der Waals surface area contributed by atoms with Crippen molar-refractivity contribution in [1.29, 1.82) is 0 Å². The highest BCUT2D eigenvalue weighted by molar-refractivity contribution is 5.25. The van der Waals surface area contributed by atoms with E-state index in [0.717, 1.165) is 25.3 Å². The van der Waals surface area contributed by atoms with Crippen molar-refractivity contribution in [2.75, 3.05) is 6.54 Å². The van der Waals surface area contributed by atoms with E-state index in [9.17, 15) is 15.3 Å². The van der Waals surface area contributed by atoms with Crippen LogP contribution in [0.25, 0.3) is 0 Å². The molecule has 3 saturated heterocycles. The number of aliphatic hydroxyl groups is 3. The maximum absolute atomic E-state index is 10.0. The summed E-state index contributed by atoms with van der Waals surface area (Å²) in [6, 6.07) is 1.99. The molecule has 6 nitrogen and oxygen atoms in total. The van der Waals surface area contributed by atoms with Crippen LogP contribution in [0, 0.1) is 0 Å². The van der Waals surface area contributed by atoms with Crippen molar-refractivity contribution in [3.63, 3.8) is 0 Å². The maximum atomic E-state index is 10.0. The molecule has 0 aromatic heterocycles. The molecule has 4 aliphatic rings. The Morgan fingerprint density at radius 2 is 1.22 bits per heavy atom. The quantitative estimate of drug-likeness (QED) is 0.0846. The van der Waals surface area contributed by atoms with Crippen molar-refractivity contribution in [1.82, 2.24) is 10.6 Å². The number of rotatable bonds is 21. The zero-order chi connectivity index (χ0) is 31.9. The molecule has 4 aliphatic heterocycles. The number of fused-ring (bicyclic) bond motifs is 1. The van der Waals surface area contributed by atoms with E-state index >= 15 is 0 Å². The van der Waals surface area contributed by atoms with Crippen LogP contribution in [0.3, 0.4) is 0 Å². The molecule has 260 valence electrons. The highest BCUT2D eigenvalue weighted by Gasteiger charge is 2.33. The Bertz CT molecular complexity index is 866. The fraction of sp³-hybridized carbons (Fsp3) is 0.897. The third-order valence-corrected chi connectivity index (χ3v) is 11.7. The van der Waals surface area contributed by atoms with Crippen molar-refractivity contribution in [3.8, 4) is 0 Å². The normalized spacial score (nSPS) is 33.6. The molecule has 0 amide bonds. The number of hydrogen-bond donors (Lipinski definition) is 6. The average Bonchev–Trinajstić information content (AvgIpc) is 3.50. The maximum Gasteiger partial charge on any atom is 0.111 e. The molecular weight excluding hydrogens is 558 g/mol. The van der Waals surface area contributed by atoms with Crippen LogP contribution in [-0.2, 0) is 0 Å². The summed E-state index contributed by atoms with van der Waals surface area (Å²) in [6.45, 7) is 5.43. The molecule has 0 aliphatic carbocycles. The van der Waals surface area contributed by atoms with Gasteiger partial charge in [0.15, 0.2) is 0 Å². The molecule has 6 heteroatoms. The predicted octanol–water partition coefficient (Wildman–Crippen LogP) is 6.24. The number of hydrogen-bond acceptors (Lipinski definition) is 5. The van der Waals surface area contributed by atoms with Gasteiger partial charge in [-0.3, -0.25) is 0 Å². The van der Waals surface area contributed by atoms with E-state index < -0.39 is 12.2 Å². The van der Waals surface area contributed by atoms with E-state index in [1.165, 1.54) is 135 Å². The first-order chi connectivity index (χ1) is 21.9. The van der Waals surface area contributed by atoms with E-state index in [4.69, 9.17) is 0 Å². The van der Waals surface area contributed by atoms with E-state index in [0.29, 0.717) is 18.5 Å². The minimum atomic E-state index is -0.621. The molecule has 6 N–H and O–H groups in total. The molecular formula is C39H72N3O3+. The van der Waals surface area contributed by atoms with Crippen LogP contribution >= 0.6 is 0 Å². The number of unbranched alkanes of at least 4 members (excludes halogenated alkanes) is 13. The fourth-order valence-electron chi connectivity index (χ4n) is 8.76. The summed E-state index contributed by atoms with van der Waals surface area (Å²) >= 11 is 0. The van der Waals surface area contributed by atoms with Crippen LogP contribution < -0.4 is 15.5 Å². The number of piperidine rings is 2. The van der Waals surface area contributed by atoms with Gasteiger partial charge in [-0.2, -0.15) is 0 Å². The van der Waals surface area contributed by atoms with E-state index in [2.05, 4.69) is 29.7 Å². The van der Waals surface area contributed by atoms with Crippen molar-refractivity contribution in [3.05, 3.63) is 23.4 Å². The molecule has 0 spiro atoms. The number of nitrogens with one attached hydrogen (secondary N) is 3. The third kappa shape index (κ3) is 13.0. The van der Waals surface area contributed by atoms with Crippen LogP contribution in [0.5, 0.6) is 0 Å². The van der Waals surface area contributed by atoms with Gasteiger partial charge in [0, 0.05) is 43.4 Å². The Labute approximate surface area is 276 Å². The second-order valence-electron chi connectivity index (χ2n) is 15.6.